The molecule has 0 aromatic heterocycles. The van der Waals surface area contributed by atoms with Crippen LogP contribution in [0.4, 0.5) is 0 Å². The van der Waals surface area contributed by atoms with Crippen LogP contribution in [-0.2, 0) is 105 Å². The van der Waals surface area contributed by atoms with Crippen LogP contribution in [0.3, 0.4) is 0 Å². The molecule has 0 saturated heterocycles. The van der Waals surface area contributed by atoms with Gasteiger partial charge in [0.2, 0.25) is 17.7 Å². The Bertz CT molecular complexity index is 3170. The largest absolute Gasteiger partial charge is 0.493 e. The number of unbranched alkanes of at least 4 members (excludes halogenated alkanes) is 2. The first-order valence-corrected chi connectivity index (χ1v) is 43.7. The lowest BCUT2D eigenvalue weighted by atomic mass is 9.91. The number of ketones is 7. The molecule has 3 amide bonds. The number of ether oxygens (including phenoxy) is 14. The van der Waals surface area contributed by atoms with Crippen molar-refractivity contribution in [2.75, 3.05) is 180 Å². The molecule has 30 nitrogen and oxygen atoms in total. The van der Waals surface area contributed by atoms with Gasteiger partial charge in [-0.25, -0.2) is 0 Å². The molecule has 2 fully saturated rings. The van der Waals surface area contributed by atoms with Crippen molar-refractivity contribution in [3.05, 3.63) is 46.5 Å². The zero-order valence-corrected chi connectivity index (χ0v) is 73.4. The minimum absolute atomic E-state index is 0.0114. The fourth-order valence-electron chi connectivity index (χ4n) is 14.2. The lowest BCUT2D eigenvalue weighted by molar-refractivity contribution is -0.145. The van der Waals surface area contributed by atoms with Gasteiger partial charge in [-0.2, -0.15) is 0 Å². The minimum Gasteiger partial charge on any atom is -0.493 e. The second kappa shape index (κ2) is 64.2. The van der Waals surface area contributed by atoms with Gasteiger partial charge in [0, 0.05) is 121 Å². The smallest absolute Gasteiger partial charge is 0.305 e. The molecule has 120 heavy (non-hydrogen) atoms. The van der Waals surface area contributed by atoms with Crippen molar-refractivity contribution < 1.29 is 124 Å². The number of amides is 3. The Labute approximate surface area is 711 Å². The summed E-state index contributed by atoms with van der Waals surface area (Å²) in [6, 6.07) is 7.12. The summed E-state index contributed by atoms with van der Waals surface area (Å²) >= 11 is 0. The van der Waals surface area contributed by atoms with Gasteiger partial charge in [-0.05, 0) is 157 Å². The van der Waals surface area contributed by atoms with Gasteiger partial charge in [-0.1, -0.05) is 33.6 Å². The molecule has 2 aliphatic carbocycles. The summed E-state index contributed by atoms with van der Waals surface area (Å²) in [6.45, 7) is 20.0. The molecule has 0 radical (unpaired) electrons. The fraction of sp³-hybridized carbons (Fsp3) is 0.733. The highest BCUT2D eigenvalue weighted by atomic mass is 16.6. The van der Waals surface area contributed by atoms with Crippen LogP contribution in [0.1, 0.15) is 235 Å². The Hall–Kier alpha value is -7.68. The van der Waals surface area contributed by atoms with E-state index in [2.05, 4.69) is 16.0 Å². The monoisotopic (exact) mass is 1690 g/mol. The van der Waals surface area contributed by atoms with Crippen molar-refractivity contribution in [2.24, 2.45) is 23.7 Å². The van der Waals surface area contributed by atoms with Gasteiger partial charge in [-0.3, -0.25) is 57.5 Å². The number of rotatable bonds is 75. The first-order chi connectivity index (χ1) is 58.0. The summed E-state index contributed by atoms with van der Waals surface area (Å²) in [7, 11) is 4.97. The third kappa shape index (κ3) is 45.4. The number of Topliss-reactive ketones (excluding diaryl/α,β-unsaturated/α-hetero) is 7. The fourth-order valence-corrected chi connectivity index (χ4v) is 14.2. The molecule has 0 bridgehead atoms. The Balaban J connectivity index is 0.892. The van der Waals surface area contributed by atoms with Crippen LogP contribution in [0.5, 0.6) is 23.0 Å². The average Bonchev–Trinajstić information content (AvgIpc) is 1.19. The van der Waals surface area contributed by atoms with Crippen molar-refractivity contribution in [3.63, 3.8) is 0 Å². The molecule has 2 saturated carbocycles. The second-order valence-electron chi connectivity index (χ2n) is 30.9. The number of methoxy groups -OCH3 is 2. The quantitative estimate of drug-likeness (QED) is 0.0315. The zero-order chi connectivity index (χ0) is 87.5. The highest BCUT2D eigenvalue weighted by Gasteiger charge is 2.41. The Morgan fingerprint density at radius 1 is 0.400 bits per heavy atom. The maximum atomic E-state index is 12.9. The van der Waals surface area contributed by atoms with Crippen molar-refractivity contribution in [1.29, 1.82) is 0 Å². The van der Waals surface area contributed by atoms with E-state index in [0.29, 0.717) is 251 Å². The summed E-state index contributed by atoms with van der Waals surface area (Å²) in [5.74, 6) is -0.162. The van der Waals surface area contributed by atoms with Gasteiger partial charge >= 0.3 is 11.9 Å². The number of hydrogen-bond donors (Lipinski definition) is 3. The zero-order valence-electron chi connectivity index (χ0n) is 73.4. The number of carbonyl (C=O) groups is 12. The number of benzene rings is 2. The Morgan fingerprint density at radius 2 is 0.792 bits per heavy atom. The molecule has 0 spiro atoms. The van der Waals surface area contributed by atoms with Gasteiger partial charge in [-0.15, -0.1) is 0 Å². The minimum atomic E-state index is -0.550. The molecule has 3 N–H and O–H groups in total. The predicted molar refractivity (Wildman–Crippen MR) is 448 cm³/mol. The number of carbonyl (C=O) groups excluding carboxylic acids is 12. The van der Waals surface area contributed by atoms with Crippen LogP contribution < -0.4 is 34.9 Å². The lowest BCUT2D eigenvalue weighted by Crippen LogP contribution is -2.28. The van der Waals surface area contributed by atoms with E-state index in [0.717, 1.165) is 47.9 Å². The van der Waals surface area contributed by atoms with E-state index in [1.54, 1.807) is 7.11 Å². The summed E-state index contributed by atoms with van der Waals surface area (Å²) < 4.78 is 78.6. The van der Waals surface area contributed by atoms with Crippen LogP contribution >= 0.6 is 0 Å². The van der Waals surface area contributed by atoms with E-state index in [4.69, 9.17) is 66.3 Å². The van der Waals surface area contributed by atoms with E-state index in [-0.39, 0.29) is 172 Å². The average molecular weight is 1700 g/mol. The Kier molecular flexibility index (Phi) is 56.0. The summed E-state index contributed by atoms with van der Waals surface area (Å²) in [5, 5.41) is 8.61. The van der Waals surface area contributed by atoms with E-state index in [1.165, 1.54) is 7.11 Å². The topological polar surface area (TPSA) is 373 Å². The summed E-state index contributed by atoms with van der Waals surface area (Å²) in [4.78, 5) is 152. The Morgan fingerprint density at radius 3 is 1.21 bits per heavy atom. The SMILES string of the molecule is CCCC1CC(=O)C(CCCC(=O)NCCOCCOCCOCCOCCC(=O)CC(C)c2cc(OC)c(OCCCC(=O)OCCCCC(=O)CCN(C)CCC(=O)CCCCOC(=O)CCCOc3cc(C)c(C(C)NC(=O)CCOCCOCCOCCOCCNC(=O)CCCC4C(=O)CC(CCC)C4=O)cc3OC)cc2C)C1=O. The standard InChI is InChI=1S/C90H142N4O26/c1-10-20-69-61-78(98)74(89(69)105)24-16-26-84(100)91-34-44-111-48-52-115-56-54-113-50-46-109-42-32-73(97)58-65(3)76-63-80(107-8)82(59-66(76)4)117-40-18-28-87(103)119-38-14-12-22-71(95)30-36-94(7)37-31-72(96)23-13-15-39-120-88(104)29-19-41-118-83-60-67(5)77(64-81(83)108-9)68(6)93-86(102)33-43-110-47-51-114-55-57-116-53-49-112-45-35-92-85(101)27-17-25-75-79(99)62-70(21-11-2)90(75)106/h59-60,63-65,68-70,74-75H,10-58,61-62H2,1-9H3,(H,91,100)(H,92,101)(H,93,102). The lowest BCUT2D eigenvalue weighted by Gasteiger charge is -2.20. The normalized spacial score (nSPS) is 15.7. The van der Waals surface area contributed by atoms with Crippen LogP contribution in [0.15, 0.2) is 24.3 Å². The van der Waals surface area contributed by atoms with Gasteiger partial charge in [0.15, 0.2) is 23.0 Å². The van der Waals surface area contributed by atoms with Gasteiger partial charge in [0.05, 0.1) is 164 Å². The molecule has 2 aromatic carbocycles. The number of aryl methyl sites for hydroxylation is 2. The maximum absolute atomic E-state index is 12.9. The third-order valence-electron chi connectivity index (χ3n) is 20.9. The van der Waals surface area contributed by atoms with Crippen LogP contribution in [0.25, 0.3) is 0 Å². The van der Waals surface area contributed by atoms with Crippen LogP contribution in [-0.4, -0.2) is 255 Å². The number of nitrogens with zero attached hydrogens (tertiary/aromatic N) is 1. The molecule has 30 heteroatoms. The molecular weight excluding hydrogens is 1550 g/mol. The first-order valence-electron chi connectivity index (χ1n) is 43.7. The molecule has 2 aliphatic rings. The number of hydrogen-bond acceptors (Lipinski definition) is 27. The number of nitrogens with one attached hydrogen (secondary N) is 3. The van der Waals surface area contributed by atoms with Crippen LogP contribution in [0.2, 0.25) is 0 Å². The molecule has 0 heterocycles. The van der Waals surface area contributed by atoms with Gasteiger partial charge < -0.3 is 87.2 Å². The van der Waals surface area contributed by atoms with E-state index in [9.17, 15) is 57.5 Å². The van der Waals surface area contributed by atoms with E-state index in [1.807, 2.05) is 77.8 Å². The molecule has 4 rings (SSSR count). The van der Waals surface area contributed by atoms with Gasteiger partial charge in [0.1, 0.15) is 40.5 Å². The summed E-state index contributed by atoms with van der Waals surface area (Å²) in [6.07, 6.45) is 12.0. The molecule has 6 atom stereocenters. The van der Waals surface area contributed by atoms with Crippen molar-refractivity contribution in [1.82, 2.24) is 20.9 Å². The van der Waals surface area contributed by atoms with Crippen molar-refractivity contribution in [3.8, 4) is 23.0 Å². The highest BCUT2D eigenvalue weighted by Crippen LogP contribution is 2.37. The highest BCUT2D eigenvalue weighted by molar-refractivity contribution is 6.10. The van der Waals surface area contributed by atoms with Crippen LogP contribution in [0, 0.1) is 37.5 Å². The van der Waals surface area contributed by atoms with E-state index >= 15 is 0 Å². The first kappa shape index (κ1) is 105. The maximum Gasteiger partial charge on any atom is 0.305 e. The van der Waals surface area contributed by atoms with Crippen molar-refractivity contribution in [2.45, 2.75) is 227 Å². The summed E-state index contributed by atoms with van der Waals surface area (Å²) in [5.41, 5.74) is 3.65. The number of esters is 2. The molecular formula is C90H142N4O26. The molecule has 678 valence electrons. The predicted octanol–water partition coefficient (Wildman–Crippen LogP) is 10.5. The third-order valence-corrected chi connectivity index (χ3v) is 20.9. The molecule has 0 aliphatic heterocycles. The second-order valence-corrected chi connectivity index (χ2v) is 30.9. The molecule has 6 unspecified atom stereocenters. The van der Waals surface area contributed by atoms with E-state index < -0.39 is 11.8 Å². The molecule has 2 aromatic rings. The van der Waals surface area contributed by atoms with Crippen molar-refractivity contribution >= 4 is 70.1 Å². The van der Waals surface area contributed by atoms with Gasteiger partial charge in [0.25, 0.3) is 0 Å².